The molecule has 0 unspecified atom stereocenters. The summed E-state index contributed by atoms with van der Waals surface area (Å²) in [4.78, 5) is 14.9. The summed E-state index contributed by atoms with van der Waals surface area (Å²) >= 11 is 9.08. The van der Waals surface area contributed by atoms with Crippen LogP contribution in [0.1, 0.15) is 12.5 Å². The molecule has 0 aliphatic heterocycles. The fourth-order valence-electron chi connectivity index (χ4n) is 0.903. The van der Waals surface area contributed by atoms with Gasteiger partial charge >= 0.3 is 5.97 Å². The van der Waals surface area contributed by atoms with Crippen LogP contribution in [0.15, 0.2) is 22.8 Å². The van der Waals surface area contributed by atoms with Crippen LogP contribution in [0, 0.1) is 0 Å². The monoisotopic (exact) mass is 289 g/mol. The molecule has 0 radical (unpaired) electrons. The van der Waals surface area contributed by atoms with E-state index in [1.54, 1.807) is 25.3 Å². The molecular weight excluding hydrogens is 281 g/mol. The van der Waals surface area contributed by atoms with E-state index in [4.69, 9.17) is 16.3 Å². The van der Waals surface area contributed by atoms with Gasteiger partial charge in [0.1, 0.15) is 5.15 Å². The second-order valence-corrected chi connectivity index (χ2v) is 3.89. The lowest BCUT2D eigenvalue weighted by molar-refractivity contribution is -0.137. The number of hydrogen-bond donors (Lipinski definition) is 0. The molecule has 0 aliphatic carbocycles. The van der Waals surface area contributed by atoms with Crippen molar-refractivity contribution in [1.82, 2.24) is 4.98 Å². The predicted molar refractivity (Wildman–Crippen MR) is 62.6 cm³/mol. The Balaban J connectivity index is 2.79. The van der Waals surface area contributed by atoms with Gasteiger partial charge in [-0.05, 0) is 35.0 Å². The summed E-state index contributed by atoms with van der Waals surface area (Å²) in [6, 6.07) is 1.77. The number of rotatable bonds is 3. The normalized spacial score (nSPS) is 10.6. The lowest BCUT2D eigenvalue weighted by atomic mass is 10.2. The molecule has 0 spiro atoms. The molecule has 3 nitrogen and oxygen atoms in total. The first-order valence-electron chi connectivity index (χ1n) is 4.29. The first kappa shape index (κ1) is 12.2. The Morgan fingerprint density at radius 3 is 3.13 bits per heavy atom. The number of carbonyl (C=O) groups excluding carboxylic acids is 1. The van der Waals surface area contributed by atoms with Crippen LogP contribution in [0.25, 0.3) is 6.08 Å². The maximum Gasteiger partial charge on any atom is 0.330 e. The van der Waals surface area contributed by atoms with Gasteiger partial charge in [-0.2, -0.15) is 0 Å². The third-order valence-electron chi connectivity index (χ3n) is 1.52. The van der Waals surface area contributed by atoms with Crippen LogP contribution < -0.4 is 0 Å². The first-order chi connectivity index (χ1) is 7.13. The molecule has 1 aromatic heterocycles. The van der Waals surface area contributed by atoms with Crippen molar-refractivity contribution in [3.05, 3.63) is 33.5 Å². The van der Waals surface area contributed by atoms with E-state index in [0.29, 0.717) is 17.3 Å². The Morgan fingerprint density at radius 1 is 1.73 bits per heavy atom. The van der Waals surface area contributed by atoms with Crippen molar-refractivity contribution in [2.24, 2.45) is 0 Å². The van der Waals surface area contributed by atoms with Crippen LogP contribution in [0.4, 0.5) is 0 Å². The number of esters is 1. The SMILES string of the molecule is CCOC(=O)C=Cc1cc(Br)cnc1Cl. The average molecular weight is 291 g/mol. The molecule has 0 N–H and O–H groups in total. The Bertz CT molecular complexity index is 393. The molecule has 15 heavy (non-hydrogen) atoms. The molecule has 5 heteroatoms. The van der Waals surface area contributed by atoms with E-state index in [-0.39, 0.29) is 0 Å². The Hall–Kier alpha value is -0.870. The molecule has 1 heterocycles. The van der Waals surface area contributed by atoms with Crippen molar-refractivity contribution >= 4 is 39.6 Å². The third kappa shape index (κ3) is 4.01. The molecule has 1 aromatic rings. The zero-order chi connectivity index (χ0) is 11.3. The van der Waals surface area contributed by atoms with Crippen molar-refractivity contribution in [2.45, 2.75) is 6.92 Å². The molecule has 0 atom stereocenters. The van der Waals surface area contributed by atoms with E-state index < -0.39 is 5.97 Å². The third-order valence-corrected chi connectivity index (χ3v) is 2.27. The molecule has 0 aliphatic rings. The van der Waals surface area contributed by atoms with Gasteiger partial charge in [0, 0.05) is 22.3 Å². The van der Waals surface area contributed by atoms with Gasteiger partial charge in [0.05, 0.1) is 6.61 Å². The first-order valence-corrected chi connectivity index (χ1v) is 5.46. The lowest BCUT2D eigenvalue weighted by Gasteiger charge is -1.98. The van der Waals surface area contributed by atoms with Gasteiger partial charge < -0.3 is 4.74 Å². The van der Waals surface area contributed by atoms with Gasteiger partial charge in [-0.25, -0.2) is 9.78 Å². The Morgan fingerprint density at radius 2 is 2.47 bits per heavy atom. The minimum Gasteiger partial charge on any atom is -0.463 e. The van der Waals surface area contributed by atoms with Crippen LogP contribution in [0.2, 0.25) is 5.15 Å². The second-order valence-electron chi connectivity index (χ2n) is 2.62. The van der Waals surface area contributed by atoms with Crippen LogP contribution in [0.3, 0.4) is 0 Å². The second kappa shape index (κ2) is 5.88. The highest BCUT2D eigenvalue weighted by molar-refractivity contribution is 9.10. The highest BCUT2D eigenvalue weighted by atomic mass is 79.9. The van der Waals surface area contributed by atoms with Crippen molar-refractivity contribution in [3.8, 4) is 0 Å². The van der Waals surface area contributed by atoms with E-state index >= 15 is 0 Å². The number of pyridine rings is 1. The molecule has 0 bridgehead atoms. The van der Waals surface area contributed by atoms with E-state index in [1.165, 1.54) is 6.08 Å². The molecule has 0 fully saturated rings. The number of hydrogen-bond acceptors (Lipinski definition) is 3. The quantitative estimate of drug-likeness (QED) is 0.488. The molecular formula is C10H9BrClNO2. The fourth-order valence-corrected chi connectivity index (χ4v) is 1.42. The predicted octanol–water partition coefficient (Wildman–Crippen LogP) is 3.07. The summed E-state index contributed by atoms with van der Waals surface area (Å²) in [5.74, 6) is -0.395. The molecule has 0 saturated carbocycles. The summed E-state index contributed by atoms with van der Waals surface area (Å²) in [7, 11) is 0. The highest BCUT2D eigenvalue weighted by Gasteiger charge is 2.00. The van der Waals surface area contributed by atoms with E-state index in [2.05, 4.69) is 20.9 Å². The Labute approximate surface area is 101 Å². The standard InChI is InChI=1S/C10H9BrClNO2/c1-2-15-9(14)4-3-7-5-8(11)6-13-10(7)12/h3-6H,2H2,1H3. The van der Waals surface area contributed by atoms with Crippen molar-refractivity contribution in [1.29, 1.82) is 0 Å². The maximum atomic E-state index is 11.0. The van der Waals surface area contributed by atoms with E-state index in [0.717, 1.165) is 4.47 Å². The topological polar surface area (TPSA) is 39.2 Å². The fraction of sp³-hybridized carbons (Fsp3) is 0.200. The van der Waals surface area contributed by atoms with Crippen molar-refractivity contribution in [2.75, 3.05) is 6.61 Å². The number of carbonyl (C=O) groups is 1. The van der Waals surface area contributed by atoms with Crippen LogP contribution in [-0.2, 0) is 9.53 Å². The summed E-state index contributed by atoms with van der Waals surface area (Å²) in [5, 5.41) is 0.346. The number of aromatic nitrogens is 1. The maximum absolute atomic E-state index is 11.0. The van der Waals surface area contributed by atoms with Crippen LogP contribution >= 0.6 is 27.5 Å². The zero-order valence-corrected chi connectivity index (χ0v) is 10.4. The molecule has 0 aromatic carbocycles. The summed E-state index contributed by atoms with van der Waals surface area (Å²) in [5.41, 5.74) is 0.666. The van der Waals surface area contributed by atoms with E-state index in [1.807, 2.05) is 0 Å². The Kier molecular flexibility index (Phi) is 4.78. The lowest BCUT2D eigenvalue weighted by Crippen LogP contribution is -1.98. The smallest absolute Gasteiger partial charge is 0.330 e. The summed E-state index contributed by atoms with van der Waals surface area (Å²) < 4.78 is 5.53. The molecule has 0 amide bonds. The number of halogens is 2. The number of ether oxygens (including phenoxy) is 1. The van der Waals surface area contributed by atoms with Gasteiger partial charge in [-0.1, -0.05) is 11.6 Å². The minimum absolute atomic E-state index is 0.346. The van der Waals surface area contributed by atoms with Gasteiger partial charge in [0.25, 0.3) is 0 Å². The van der Waals surface area contributed by atoms with Crippen molar-refractivity contribution < 1.29 is 9.53 Å². The number of nitrogens with zero attached hydrogens (tertiary/aromatic N) is 1. The molecule has 80 valence electrons. The largest absolute Gasteiger partial charge is 0.463 e. The summed E-state index contributed by atoms with van der Waals surface area (Å²) in [6.45, 7) is 2.10. The van der Waals surface area contributed by atoms with Crippen LogP contribution in [-0.4, -0.2) is 17.6 Å². The minimum atomic E-state index is -0.395. The average Bonchev–Trinajstić information content (AvgIpc) is 2.20. The van der Waals surface area contributed by atoms with Crippen molar-refractivity contribution in [3.63, 3.8) is 0 Å². The van der Waals surface area contributed by atoms with Gasteiger partial charge in [0.15, 0.2) is 0 Å². The summed E-state index contributed by atoms with van der Waals surface area (Å²) in [6.07, 6.45) is 4.47. The van der Waals surface area contributed by atoms with Gasteiger partial charge in [-0.3, -0.25) is 0 Å². The molecule has 0 saturated heterocycles. The highest BCUT2D eigenvalue weighted by Crippen LogP contribution is 2.19. The molecule has 1 rings (SSSR count). The van der Waals surface area contributed by atoms with E-state index in [9.17, 15) is 4.79 Å². The van der Waals surface area contributed by atoms with Gasteiger partial charge in [0.2, 0.25) is 0 Å². The zero-order valence-electron chi connectivity index (χ0n) is 8.04. The van der Waals surface area contributed by atoms with Gasteiger partial charge in [-0.15, -0.1) is 0 Å². The van der Waals surface area contributed by atoms with Crippen LogP contribution in [0.5, 0.6) is 0 Å².